The third kappa shape index (κ3) is 2.10. The fourth-order valence-electron chi connectivity index (χ4n) is 1.44. The predicted molar refractivity (Wildman–Crippen MR) is 51.2 cm³/mol. The van der Waals surface area contributed by atoms with Crippen molar-refractivity contribution in [3.05, 3.63) is 34.4 Å². The van der Waals surface area contributed by atoms with Gasteiger partial charge in [-0.3, -0.25) is 0 Å². The molecule has 0 saturated carbocycles. The lowest BCUT2D eigenvalue weighted by atomic mass is 10.0. The molecule has 78 valence electrons. The van der Waals surface area contributed by atoms with Crippen molar-refractivity contribution in [1.29, 1.82) is 0 Å². The second-order valence-electron chi connectivity index (χ2n) is 3.43. The van der Waals surface area contributed by atoms with Crippen LogP contribution in [0.15, 0.2) is 6.07 Å². The number of hydrogen-bond acceptors (Lipinski definition) is 1. The maximum absolute atomic E-state index is 13.2. The first kappa shape index (κ1) is 11.1. The minimum absolute atomic E-state index is 0.0669. The van der Waals surface area contributed by atoms with E-state index >= 15 is 0 Å². The van der Waals surface area contributed by atoms with E-state index in [0.29, 0.717) is 24.0 Å². The molecule has 3 heteroatoms. The van der Waals surface area contributed by atoms with Crippen molar-refractivity contribution in [2.75, 3.05) is 6.61 Å². The summed E-state index contributed by atoms with van der Waals surface area (Å²) in [4.78, 5) is 0. The fourth-order valence-corrected chi connectivity index (χ4v) is 1.44. The molecule has 0 heterocycles. The van der Waals surface area contributed by atoms with Crippen LogP contribution in [0.3, 0.4) is 0 Å². The summed E-state index contributed by atoms with van der Waals surface area (Å²) in [6.07, 6.45) is 1.16. The Morgan fingerprint density at radius 1 is 1.21 bits per heavy atom. The molecule has 1 aromatic carbocycles. The van der Waals surface area contributed by atoms with Gasteiger partial charge in [0.25, 0.3) is 0 Å². The molecule has 14 heavy (non-hydrogen) atoms. The van der Waals surface area contributed by atoms with Crippen LogP contribution in [0.25, 0.3) is 0 Å². The van der Waals surface area contributed by atoms with E-state index in [-0.39, 0.29) is 6.61 Å². The average Bonchev–Trinajstić information content (AvgIpc) is 2.18. The van der Waals surface area contributed by atoms with Crippen LogP contribution in [-0.2, 0) is 6.42 Å². The van der Waals surface area contributed by atoms with E-state index in [9.17, 15) is 8.78 Å². The van der Waals surface area contributed by atoms with Crippen molar-refractivity contribution in [2.24, 2.45) is 0 Å². The van der Waals surface area contributed by atoms with Gasteiger partial charge in [-0.1, -0.05) is 6.07 Å². The lowest BCUT2D eigenvalue weighted by Gasteiger charge is -2.09. The molecule has 1 aromatic rings. The minimum atomic E-state index is -0.768. The molecule has 0 atom stereocenters. The molecule has 0 aromatic heterocycles. The van der Waals surface area contributed by atoms with Crippen LogP contribution in [0.1, 0.15) is 23.1 Å². The van der Waals surface area contributed by atoms with Gasteiger partial charge in [0, 0.05) is 6.61 Å². The number of rotatable bonds is 3. The number of halogens is 2. The van der Waals surface area contributed by atoms with Crippen molar-refractivity contribution >= 4 is 0 Å². The first-order chi connectivity index (χ1) is 6.57. The Balaban J connectivity index is 3.06. The first-order valence-electron chi connectivity index (χ1n) is 4.63. The van der Waals surface area contributed by atoms with Crippen molar-refractivity contribution < 1.29 is 13.9 Å². The number of aryl methyl sites for hydroxylation is 2. The molecule has 1 nitrogen and oxygen atoms in total. The third-order valence-electron chi connectivity index (χ3n) is 2.34. The number of aliphatic hydroxyl groups excluding tert-OH is 1. The van der Waals surface area contributed by atoms with Gasteiger partial charge in [0.15, 0.2) is 11.6 Å². The van der Waals surface area contributed by atoms with E-state index in [1.165, 1.54) is 0 Å². The Morgan fingerprint density at radius 2 is 1.86 bits per heavy atom. The van der Waals surface area contributed by atoms with Crippen LogP contribution in [0.2, 0.25) is 0 Å². The van der Waals surface area contributed by atoms with Crippen molar-refractivity contribution in [3.8, 4) is 0 Å². The summed E-state index contributed by atoms with van der Waals surface area (Å²) in [5.41, 5.74) is 1.44. The average molecular weight is 200 g/mol. The molecule has 0 radical (unpaired) electrons. The first-order valence-corrected chi connectivity index (χ1v) is 4.63. The quantitative estimate of drug-likeness (QED) is 0.794. The van der Waals surface area contributed by atoms with Crippen molar-refractivity contribution in [1.82, 2.24) is 0 Å². The second kappa shape index (κ2) is 4.51. The largest absolute Gasteiger partial charge is 0.396 e. The summed E-state index contributed by atoms with van der Waals surface area (Å²) in [7, 11) is 0. The highest BCUT2D eigenvalue weighted by Gasteiger charge is 2.12. The summed E-state index contributed by atoms with van der Waals surface area (Å²) in [6, 6.07) is 1.64. The van der Waals surface area contributed by atoms with Gasteiger partial charge in [0.1, 0.15) is 0 Å². The van der Waals surface area contributed by atoms with E-state index in [4.69, 9.17) is 5.11 Å². The van der Waals surface area contributed by atoms with Crippen molar-refractivity contribution in [2.45, 2.75) is 26.7 Å². The maximum atomic E-state index is 13.2. The zero-order valence-electron chi connectivity index (χ0n) is 8.40. The normalized spacial score (nSPS) is 10.6. The lowest BCUT2D eigenvalue weighted by Crippen LogP contribution is -2.00. The second-order valence-corrected chi connectivity index (χ2v) is 3.43. The van der Waals surface area contributed by atoms with Crippen LogP contribution in [0, 0.1) is 25.5 Å². The van der Waals surface area contributed by atoms with E-state index in [1.54, 1.807) is 19.9 Å². The highest BCUT2D eigenvalue weighted by Crippen LogP contribution is 2.20. The number of hydrogen-bond donors (Lipinski definition) is 1. The third-order valence-corrected chi connectivity index (χ3v) is 2.34. The van der Waals surface area contributed by atoms with Gasteiger partial charge in [-0.25, -0.2) is 8.78 Å². The van der Waals surface area contributed by atoms with Gasteiger partial charge in [0.05, 0.1) is 0 Å². The Labute approximate surface area is 82.4 Å². The topological polar surface area (TPSA) is 20.2 Å². The lowest BCUT2D eigenvalue weighted by molar-refractivity contribution is 0.288. The SMILES string of the molecule is Cc1cc(CCCO)c(C)c(F)c1F. The zero-order valence-corrected chi connectivity index (χ0v) is 8.40. The van der Waals surface area contributed by atoms with Gasteiger partial charge in [-0.2, -0.15) is 0 Å². The van der Waals surface area contributed by atoms with Gasteiger partial charge in [-0.05, 0) is 43.4 Å². The van der Waals surface area contributed by atoms with E-state index in [1.807, 2.05) is 0 Å². The van der Waals surface area contributed by atoms with E-state index < -0.39 is 11.6 Å². The Kier molecular flexibility index (Phi) is 3.58. The Bertz CT molecular complexity index is 335. The monoisotopic (exact) mass is 200 g/mol. The number of benzene rings is 1. The van der Waals surface area contributed by atoms with Gasteiger partial charge >= 0.3 is 0 Å². The summed E-state index contributed by atoms with van der Waals surface area (Å²) < 4.78 is 26.3. The molecule has 0 amide bonds. The summed E-state index contributed by atoms with van der Waals surface area (Å²) in [5.74, 6) is -1.53. The molecule has 0 saturated heterocycles. The smallest absolute Gasteiger partial charge is 0.162 e. The molecule has 0 aliphatic rings. The van der Waals surface area contributed by atoms with Crippen LogP contribution >= 0.6 is 0 Å². The van der Waals surface area contributed by atoms with E-state index in [0.717, 1.165) is 5.56 Å². The van der Waals surface area contributed by atoms with Crippen LogP contribution in [0.4, 0.5) is 8.78 Å². The molecule has 0 spiro atoms. The highest BCUT2D eigenvalue weighted by atomic mass is 19.2. The van der Waals surface area contributed by atoms with Crippen LogP contribution in [0.5, 0.6) is 0 Å². The van der Waals surface area contributed by atoms with Gasteiger partial charge < -0.3 is 5.11 Å². The fraction of sp³-hybridized carbons (Fsp3) is 0.455. The molecule has 0 aliphatic heterocycles. The van der Waals surface area contributed by atoms with E-state index in [2.05, 4.69) is 0 Å². The van der Waals surface area contributed by atoms with Crippen LogP contribution in [-0.4, -0.2) is 11.7 Å². The summed E-state index contributed by atoms with van der Waals surface area (Å²) in [5, 5.41) is 8.64. The molecule has 1 N–H and O–H groups in total. The molecule has 0 unspecified atom stereocenters. The summed E-state index contributed by atoms with van der Waals surface area (Å²) >= 11 is 0. The highest BCUT2D eigenvalue weighted by molar-refractivity contribution is 5.33. The maximum Gasteiger partial charge on any atom is 0.162 e. The molecular weight excluding hydrogens is 186 g/mol. The van der Waals surface area contributed by atoms with Crippen LogP contribution < -0.4 is 0 Å². The molecule has 1 rings (SSSR count). The zero-order chi connectivity index (χ0) is 10.7. The Hall–Kier alpha value is -0.960. The predicted octanol–water partition coefficient (Wildman–Crippen LogP) is 2.51. The number of aliphatic hydroxyl groups is 1. The standard InChI is InChI=1S/C11H14F2O/c1-7-6-9(4-3-5-14)8(2)11(13)10(7)12/h6,14H,3-5H2,1-2H3. The molecule has 0 aliphatic carbocycles. The molecule has 0 fully saturated rings. The van der Waals surface area contributed by atoms with Crippen molar-refractivity contribution in [3.63, 3.8) is 0 Å². The minimum Gasteiger partial charge on any atom is -0.396 e. The van der Waals surface area contributed by atoms with Gasteiger partial charge in [0.2, 0.25) is 0 Å². The van der Waals surface area contributed by atoms with Gasteiger partial charge in [-0.15, -0.1) is 0 Å². The Morgan fingerprint density at radius 3 is 2.43 bits per heavy atom. The summed E-state index contributed by atoms with van der Waals surface area (Å²) in [6.45, 7) is 3.17. The molecular formula is C11H14F2O. The molecule has 0 bridgehead atoms.